The molecule has 6 aliphatic rings. The monoisotopic (exact) mass is 334 g/mol. The van der Waals surface area contributed by atoms with Crippen molar-refractivity contribution in [3.05, 3.63) is 0 Å². The Hall–Kier alpha value is 2.86. The molecule has 0 aromatic rings. The van der Waals surface area contributed by atoms with Gasteiger partial charge in [0.05, 0.1) is 0 Å². The molecule has 6 fully saturated rings. The van der Waals surface area contributed by atoms with Crippen LogP contribution in [-0.4, -0.2) is 24.1 Å². The Labute approximate surface area is 103 Å². The maximum absolute atomic E-state index is 6.17. The van der Waals surface area contributed by atoms with Crippen LogP contribution in [-0.2, 0) is 23.6 Å². The fourth-order valence-electron chi connectivity index (χ4n) is 3.87. The van der Waals surface area contributed by atoms with Gasteiger partial charge in [-0.15, -0.1) is 0 Å². The second kappa shape index (κ2) is 2.20. The van der Waals surface area contributed by atoms with Crippen molar-refractivity contribution in [1.82, 2.24) is 0 Å². The molecule has 6 heterocycles. The Morgan fingerprint density at radius 2 is 2.21 bits per heavy atom. The van der Waals surface area contributed by atoms with E-state index >= 15 is 0 Å². The molecule has 8 heteroatoms. The van der Waals surface area contributed by atoms with Gasteiger partial charge in [-0.2, -0.15) is 0 Å². The Balaban J connectivity index is 1.92. The molecule has 0 aromatic carbocycles. The first-order valence-corrected chi connectivity index (χ1v) is 20.9. The predicted octanol–water partition coefficient (Wildman–Crippen LogP) is 5.29. The second-order valence-electron chi connectivity index (χ2n) is 5.14. The summed E-state index contributed by atoms with van der Waals surface area (Å²) in [7, 11) is 0. The van der Waals surface area contributed by atoms with Crippen LogP contribution in [0.25, 0.3) is 0 Å². The molecule has 5 unspecified atom stereocenters. The van der Waals surface area contributed by atoms with Crippen molar-refractivity contribution >= 4 is 67.2 Å². The van der Waals surface area contributed by atoms with Crippen molar-refractivity contribution in [2.45, 2.75) is 12.1 Å². The third kappa shape index (κ3) is 0.679. The minimum absolute atomic E-state index is 0.448. The number of rotatable bonds is 0. The van der Waals surface area contributed by atoms with Crippen molar-refractivity contribution in [1.29, 1.82) is 0 Å². The van der Waals surface area contributed by atoms with E-state index in [1.807, 2.05) is 0 Å². The van der Waals surface area contributed by atoms with Crippen LogP contribution in [0.3, 0.4) is 0 Å². The Morgan fingerprint density at radius 1 is 1.36 bits per heavy atom. The molecule has 6 aliphatic heterocycles. The van der Waals surface area contributed by atoms with Crippen LogP contribution in [0, 0.1) is 5.92 Å². The quantitative estimate of drug-likeness (QED) is 0.435. The van der Waals surface area contributed by atoms with Crippen LogP contribution >= 0.6 is 43.5 Å². The molecule has 0 amide bonds. The molecular formula is C6H10P4S4. The molecule has 0 nitrogen and oxygen atoms in total. The zero-order valence-electron chi connectivity index (χ0n) is 7.40. The van der Waals surface area contributed by atoms with Crippen molar-refractivity contribution in [3.8, 4) is 0 Å². The number of hydrogen-bond acceptors (Lipinski definition) is 4. The normalized spacial score (nSPS) is 75.4. The van der Waals surface area contributed by atoms with Gasteiger partial charge in [0.25, 0.3) is 0 Å². The molecular weight excluding hydrogens is 324 g/mol. The Morgan fingerprint density at radius 3 is 3.07 bits per heavy atom. The van der Waals surface area contributed by atoms with Crippen LogP contribution < -0.4 is 0 Å². The molecule has 0 radical (unpaired) electrons. The van der Waals surface area contributed by atoms with Crippen LogP contribution in [0.4, 0.5) is 0 Å². The van der Waals surface area contributed by atoms with Gasteiger partial charge in [-0.25, -0.2) is 0 Å². The van der Waals surface area contributed by atoms with E-state index in [2.05, 4.69) is 22.0 Å². The summed E-state index contributed by atoms with van der Waals surface area (Å²) in [5, 5.41) is 0. The Bertz CT molecular complexity index is 504. The first-order valence-electron chi connectivity index (χ1n) is 4.94. The van der Waals surface area contributed by atoms with Gasteiger partial charge in [0.1, 0.15) is 0 Å². The average Bonchev–Trinajstić information content (AvgIpc) is 2.87. The fourth-order valence-corrected chi connectivity index (χ4v) is 159. The zero-order chi connectivity index (χ0) is 9.42. The third-order valence-electron chi connectivity index (χ3n) is 4.34. The van der Waals surface area contributed by atoms with Crippen LogP contribution in [0.15, 0.2) is 0 Å². The molecule has 0 saturated carbocycles. The average molecular weight is 334 g/mol. The standard InChI is InChI=1S/C6H10P4S4/c11-8-2-5-1-6(3-8)7-10(4-5,13-7)9(8,12)14-10/h5-6H,1-4H2. The van der Waals surface area contributed by atoms with E-state index in [0.717, 1.165) is 11.6 Å². The van der Waals surface area contributed by atoms with Gasteiger partial charge in [-0.1, -0.05) is 0 Å². The van der Waals surface area contributed by atoms with Crippen molar-refractivity contribution in [2.75, 3.05) is 18.5 Å². The molecule has 1 spiro atoms. The van der Waals surface area contributed by atoms with Crippen molar-refractivity contribution in [3.63, 3.8) is 0 Å². The van der Waals surface area contributed by atoms with Gasteiger partial charge in [-0.05, 0) is 0 Å². The number of hydrogen-bond donors (Lipinski definition) is 0. The molecule has 5 atom stereocenters. The molecule has 14 heavy (non-hydrogen) atoms. The van der Waals surface area contributed by atoms with E-state index in [0.29, 0.717) is 6.81 Å². The summed E-state index contributed by atoms with van der Waals surface area (Å²) in [6, 6.07) is 0. The molecule has 0 aliphatic carbocycles. The molecule has 6 saturated heterocycles. The van der Waals surface area contributed by atoms with E-state index < -0.39 is 14.7 Å². The summed E-state index contributed by atoms with van der Waals surface area (Å²) in [5.41, 5.74) is 0.180. The first kappa shape index (κ1) is 9.75. The zero-order valence-corrected chi connectivity index (χ0v) is 14.2. The van der Waals surface area contributed by atoms with Crippen LogP contribution in [0.1, 0.15) is 6.42 Å². The van der Waals surface area contributed by atoms with E-state index in [1.54, 1.807) is 12.6 Å². The minimum atomic E-state index is -1.17. The van der Waals surface area contributed by atoms with E-state index in [9.17, 15) is 0 Å². The SMILES string of the molecule is S=P12CC3CC(C1)P1SP14(C3)SP24=S. The molecule has 0 aromatic heterocycles. The fraction of sp³-hybridized carbons (Fsp3) is 1.00. The summed E-state index contributed by atoms with van der Waals surface area (Å²) < 4.78 is -2.08. The Kier molecular flexibility index (Phi) is 1.53. The second-order valence-corrected chi connectivity index (χ2v) is 51.8. The van der Waals surface area contributed by atoms with Gasteiger partial charge < -0.3 is 0 Å². The molecule has 4 bridgehead atoms. The summed E-state index contributed by atoms with van der Waals surface area (Å²) in [5.74, 6) is 1.08. The van der Waals surface area contributed by atoms with E-state index in [-0.39, 0.29) is 0 Å². The van der Waals surface area contributed by atoms with E-state index in [1.165, 1.54) is 12.3 Å². The van der Waals surface area contributed by atoms with Gasteiger partial charge in [0.2, 0.25) is 0 Å². The van der Waals surface area contributed by atoms with Gasteiger partial charge in [0, 0.05) is 0 Å². The van der Waals surface area contributed by atoms with E-state index in [4.69, 9.17) is 23.6 Å². The van der Waals surface area contributed by atoms with Crippen LogP contribution in [0.2, 0.25) is 0 Å². The predicted molar refractivity (Wildman–Crippen MR) is 84.1 cm³/mol. The summed E-state index contributed by atoms with van der Waals surface area (Å²) >= 11 is 17.2. The first-order chi connectivity index (χ1) is 6.52. The molecule has 78 valence electrons. The van der Waals surface area contributed by atoms with Crippen molar-refractivity contribution < 1.29 is 0 Å². The summed E-state index contributed by atoms with van der Waals surface area (Å²) in [4.78, 5) is 0. The molecule has 6 rings (SSSR count). The van der Waals surface area contributed by atoms with Gasteiger partial charge >= 0.3 is 104 Å². The summed E-state index contributed by atoms with van der Waals surface area (Å²) in [6.07, 6.45) is 6.16. The topological polar surface area (TPSA) is 0 Å². The van der Waals surface area contributed by atoms with Crippen LogP contribution in [0.5, 0.6) is 0 Å². The summed E-state index contributed by atoms with van der Waals surface area (Å²) in [6.45, 7) is 0.448. The maximum atomic E-state index is 6.17. The van der Waals surface area contributed by atoms with Gasteiger partial charge in [0.15, 0.2) is 0 Å². The van der Waals surface area contributed by atoms with Gasteiger partial charge in [-0.3, -0.25) is 0 Å². The van der Waals surface area contributed by atoms with Crippen molar-refractivity contribution in [2.24, 2.45) is 5.92 Å². The third-order valence-corrected chi connectivity index (χ3v) is 96.4. The molecule has 0 N–H and O–H groups in total.